The van der Waals surface area contributed by atoms with Crippen LogP contribution in [0.3, 0.4) is 0 Å². The number of benzene rings is 1. The van der Waals surface area contributed by atoms with Crippen molar-refractivity contribution in [1.82, 2.24) is 14.5 Å². The number of morpholine rings is 1. The summed E-state index contributed by atoms with van der Waals surface area (Å²) < 4.78 is 32.0. The first-order chi connectivity index (χ1) is 15.3. The fourth-order valence-corrected chi connectivity index (χ4v) is 5.79. The van der Waals surface area contributed by atoms with E-state index in [0.717, 1.165) is 4.90 Å². The number of likely N-dealkylation sites (tertiary alicyclic amines) is 1. The van der Waals surface area contributed by atoms with E-state index < -0.39 is 22.0 Å². The third-order valence-electron chi connectivity index (χ3n) is 6.31. The number of nitrogens with one attached hydrogen (secondary N) is 1. The van der Waals surface area contributed by atoms with Crippen LogP contribution in [0.2, 0.25) is 0 Å². The molecule has 2 fully saturated rings. The Kier molecular flexibility index (Phi) is 6.45. The van der Waals surface area contributed by atoms with Gasteiger partial charge in [-0.2, -0.15) is 4.31 Å². The third-order valence-corrected chi connectivity index (χ3v) is 8.22. The average molecular weight is 462 g/mol. The summed E-state index contributed by atoms with van der Waals surface area (Å²) in [7, 11) is -3.58. The van der Waals surface area contributed by atoms with E-state index in [4.69, 9.17) is 4.74 Å². The number of imide groups is 1. The summed E-state index contributed by atoms with van der Waals surface area (Å²) in [5.41, 5.74) is 0.712. The van der Waals surface area contributed by atoms with Gasteiger partial charge in [-0.05, 0) is 37.5 Å². The van der Waals surface area contributed by atoms with Gasteiger partial charge in [0.15, 0.2) is 0 Å². The van der Waals surface area contributed by atoms with Crippen molar-refractivity contribution in [1.29, 1.82) is 0 Å². The van der Waals surface area contributed by atoms with E-state index in [1.165, 1.54) is 16.4 Å². The summed E-state index contributed by atoms with van der Waals surface area (Å²) >= 11 is 0. The van der Waals surface area contributed by atoms with Crippen LogP contribution in [0, 0.1) is 11.8 Å². The Morgan fingerprint density at radius 2 is 1.62 bits per heavy atom. The van der Waals surface area contributed by atoms with Crippen molar-refractivity contribution >= 4 is 27.7 Å². The smallest absolute Gasteiger partial charge is 0.243 e. The summed E-state index contributed by atoms with van der Waals surface area (Å²) in [5, 5.41) is 2.74. The number of nitrogens with zero attached hydrogens (tertiary/aromatic N) is 2. The second-order valence-corrected chi connectivity index (χ2v) is 10.2. The van der Waals surface area contributed by atoms with Crippen LogP contribution in [0.5, 0.6) is 0 Å². The van der Waals surface area contributed by atoms with Gasteiger partial charge in [0.1, 0.15) is 6.04 Å². The Morgan fingerprint density at radius 3 is 2.19 bits per heavy atom. The topological polar surface area (TPSA) is 113 Å². The molecule has 1 aliphatic carbocycles. The normalized spacial score (nSPS) is 25.0. The zero-order valence-electron chi connectivity index (χ0n) is 17.9. The molecule has 0 radical (unpaired) electrons. The molecule has 2 saturated heterocycles. The van der Waals surface area contributed by atoms with Crippen LogP contribution in [0.15, 0.2) is 41.3 Å². The standard InChI is InChI=1S/C22H27N3O6S/c1-15(25-21(27)18-4-2-3-5-19(18)22(25)28)20(26)23-14-16-6-8-17(9-7-16)32(29,30)24-10-12-31-13-11-24/h2-3,6-9,15,18-19H,4-5,10-14H2,1H3,(H,23,26)/t15-,18-,19+/m0/s1. The van der Waals surface area contributed by atoms with Crippen LogP contribution in [0.25, 0.3) is 0 Å². The van der Waals surface area contributed by atoms with Crippen LogP contribution in [0.1, 0.15) is 25.3 Å². The highest BCUT2D eigenvalue weighted by Crippen LogP contribution is 2.36. The van der Waals surface area contributed by atoms with Gasteiger partial charge in [-0.15, -0.1) is 0 Å². The van der Waals surface area contributed by atoms with Crippen LogP contribution in [-0.2, 0) is 35.7 Å². The molecule has 0 aromatic heterocycles. The minimum absolute atomic E-state index is 0.158. The molecule has 1 aromatic carbocycles. The van der Waals surface area contributed by atoms with E-state index in [1.54, 1.807) is 19.1 Å². The minimum atomic E-state index is -3.58. The highest BCUT2D eigenvalue weighted by molar-refractivity contribution is 7.89. The van der Waals surface area contributed by atoms with Gasteiger partial charge < -0.3 is 10.1 Å². The zero-order valence-corrected chi connectivity index (χ0v) is 18.7. The lowest BCUT2D eigenvalue weighted by atomic mass is 9.85. The summed E-state index contributed by atoms with van der Waals surface area (Å²) in [6, 6.07) is 5.42. The predicted octanol–water partition coefficient (Wildman–Crippen LogP) is 0.663. The van der Waals surface area contributed by atoms with Crippen molar-refractivity contribution < 1.29 is 27.5 Å². The van der Waals surface area contributed by atoms with E-state index in [0.29, 0.717) is 44.7 Å². The maximum absolute atomic E-state index is 12.7. The van der Waals surface area contributed by atoms with E-state index in [2.05, 4.69) is 5.32 Å². The first-order valence-corrected chi connectivity index (χ1v) is 12.2. The third kappa shape index (κ3) is 4.22. The second kappa shape index (κ2) is 9.13. The van der Waals surface area contributed by atoms with E-state index in [1.807, 2.05) is 12.2 Å². The molecule has 2 aliphatic heterocycles. The van der Waals surface area contributed by atoms with Crippen LogP contribution >= 0.6 is 0 Å². The van der Waals surface area contributed by atoms with Crippen molar-refractivity contribution in [2.24, 2.45) is 11.8 Å². The zero-order chi connectivity index (χ0) is 22.9. The molecule has 3 amide bonds. The molecule has 2 heterocycles. The molecule has 32 heavy (non-hydrogen) atoms. The number of hydrogen-bond acceptors (Lipinski definition) is 6. The highest BCUT2D eigenvalue weighted by Gasteiger charge is 2.50. The van der Waals surface area contributed by atoms with Crippen molar-refractivity contribution in [2.45, 2.75) is 37.2 Å². The van der Waals surface area contributed by atoms with Gasteiger partial charge in [0.25, 0.3) is 0 Å². The van der Waals surface area contributed by atoms with Gasteiger partial charge in [0.05, 0.1) is 29.9 Å². The van der Waals surface area contributed by atoms with Gasteiger partial charge in [-0.3, -0.25) is 19.3 Å². The van der Waals surface area contributed by atoms with E-state index in [9.17, 15) is 22.8 Å². The first kappa shape index (κ1) is 22.6. The molecule has 4 rings (SSSR count). The number of hydrogen-bond donors (Lipinski definition) is 1. The van der Waals surface area contributed by atoms with E-state index >= 15 is 0 Å². The molecular formula is C22H27N3O6S. The molecular weight excluding hydrogens is 434 g/mol. The van der Waals surface area contributed by atoms with Crippen LogP contribution in [-0.4, -0.2) is 67.7 Å². The lowest BCUT2D eigenvalue weighted by molar-refractivity contribution is -0.147. The van der Waals surface area contributed by atoms with Gasteiger partial charge in [-0.25, -0.2) is 8.42 Å². The van der Waals surface area contributed by atoms with Crippen molar-refractivity contribution in [2.75, 3.05) is 26.3 Å². The molecule has 0 bridgehead atoms. The maximum atomic E-state index is 12.7. The van der Waals surface area contributed by atoms with Gasteiger partial charge in [0.2, 0.25) is 27.7 Å². The molecule has 3 aliphatic rings. The lowest BCUT2D eigenvalue weighted by Crippen LogP contribution is -2.48. The highest BCUT2D eigenvalue weighted by atomic mass is 32.2. The summed E-state index contributed by atoms with van der Waals surface area (Å²) in [5.74, 6) is -1.75. The van der Waals surface area contributed by atoms with Gasteiger partial charge in [0, 0.05) is 19.6 Å². The number of sulfonamides is 1. The first-order valence-electron chi connectivity index (χ1n) is 10.8. The number of fused-ring (bicyclic) bond motifs is 1. The molecule has 1 aromatic rings. The SMILES string of the molecule is C[C@@H](C(=O)NCc1ccc(S(=O)(=O)N2CCOCC2)cc1)N1C(=O)[C@H]2CC=CC[C@H]2C1=O. The average Bonchev–Trinajstić information content (AvgIpc) is 3.08. The summed E-state index contributed by atoms with van der Waals surface area (Å²) in [4.78, 5) is 39.2. The lowest BCUT2D eigenvalue weighted by Gasteiger charge is -2.26. The number of rotatable bonds is 6. The molecule has 0 unspecified atom stereocenters. The molecule has 172 valence electrons. The Balaban J connectivity index is 1.36. The molecule has 1 N–H and O–H groups in total. The number of carbonyl (C=O) groups excluding carboxylic acids is 3. The Labute approximate surface area is 187 Å². The molecule has 3 atom stereocenters. The van der Waals surface area contributed by atoms with Crippen molar-refractivity contribution in [3.05, 3.63) is 42.0 Å². The van der Waals surface area contributed by atoms with Crippen LogP contribution < -0.4 is 5.32 Å². The van der Waals surface area contributed by atoms with Gasteiger partial charge >= 0.3 is 0 Å². The minimum Gasteiger partial charge on any atom is -0.379 e. The number of carbonyl (C=O) groups is 3. The number of amides is 3. The number of ether oxygens (including phenoxy) is 1. The summed E-state index contributed by atoms with van der Waals surface area (Å²) in [6.45, 7) is 3.11. The van der Waals surface area contributed by atoms with Gasteiger partial charge in [-0.1, -0.05) is 24.3 Å². The molecule has 9 nitrogen and oxygen atoms in total. The maximum Gasteiger partial charge on any atom is 0.243 e. The Bertz CT molecular complexity index is 1000. The van der Waals surface area contributed by atoms with Crippen LogP contribution in [0.4, 0.5) is 0 Å². The molecule has 10 heteroatoms. The monoisotopic (exact) mass is 461 g/mol. The second-order valence-electron chi connectivity index (χ2n) is 8.26. The van der Waals surface area contributed by atoms with E-state index in [-0.39, 0.29) is 35.1 Å². The van der Waals surface area contributed by atoms with Crippen molar-refractivity contribution in [3.8, 4) is 0 Å². The molecule has 0 saturated carbocycles. The fourth-order valence-electron chi connectivity index (χ4n) is 4.38. The Morgan fingerprint density at radius 1 is 1.06 bits per heavy atom. The van der Waals surface area contributed by atoms with Crippen molar-refractivity contribution in [3.63, 3.8) is 0 Å². The molecule has 0 spiro atoms. The quantitative estimate of drug-likeness (QED) is 0.492. The fraction of sp³-hybridized carbons (Fsp3) is 0.500. The Hall–Kier alpha value is -2.56. The number of allylic oxidation sites excluding steroid dienone is 2. The summed E-state index contributed by atoms with van der Waals surface area (Å²) in [6.07, 6.45) is 4.87. The largest absolute Gasteiger partial charge is 0.379 e. The predicted molar refractivity (Wildman–Crippen MR) is 115 cm³/mol.